The van der Waals surface area contributed by atoms with Crippen molar-refractivity contribution in [3.05, 3.63) is 18.2 Å². The molecule has 1 heterocycles. The molecule has 0 aliphatic carbocycles. The average molecular weight is 309 g/mol. The number of primary amides is 1. The summed E-state index contributed by atoms with van der Waals surface area (Å²) in [7, 11) is 1.59. The van der Waals surface area contributed by atoms with Gasteiger partial charge in [0.15, 0.2) is 11.5 Å². The highest BCUT2D eigenvalue weighted by atomic mass is 16.6. The number of likely N-dealkylation sites (tertiary alicyclic amines) is 1. The molecule has 1 aliphatic heterocycles. The molecule has 122 valence electrons. The molecule has 0 spiro atoms. The number of hydrogen-bond donors (Lipinski definition) is 2. The Bertz CT molecular complexity index is 502. The van der Waals surface area contributed by atoms with Crippen molar-refractivity contribution in [1.82, 2.24) is 4.90 Å². The minimum Gasteiger partial charge on any atom is -0.493 e. The van der Waals surface area contributed by atoms with Gasteiger partial charge in [0.1, 0.15) is 12.7 Å². The van der Waals surface area contributed by atoms with Crippen LogP contribution in [0.1, 0.15) is 12.8 Å². The summed E-state index contributed by atoms with van der Waals surface area (Å²) in [5.41, 5.74) is 11.4. The number of nitrogen functional groups attached to an aromatic ring is 1. The number of anilines is 1. The summed E-state index contributed by atoms with van der Waals surface area (Å²) in [4.78, 5) is 13.0. The third-order valence-electron chi connectivity index (χ3n) is 3.67. The van der Waals surface area contributed by atoms with Crippen molar-refractivity contribution >= 4 is 11.8 Å². The summed E-state index contributed by atoms with van der Waals surface area (Å²) >= 11 is 0. The Morgan fingerprint density at radius 3 is 2.68 bits per heavy atom. The van der Waals surface area contributed by atoms with E-state index in [1.807, 2.05) is 0 Å². The van der Waals surface area contributed by atoms with Gasteiger partial charge in [-0.25, -0.2) is 4.79 Å². The highest BCUT2D eigenvalue weighted by molar-refractivity contribution is 5.64. The van der Waals surface area contributed by atoms with Gasteiger partial charge >= 0.3 is 6.09 Å². The third-order valence-corrected chi connectivity index (χ3v) is 3.67. The normalized spacial score (nSPS) is 16.2. The van der Waals surface area contributed by atoms with Crippen LogP contribution in [0.5, 0.6) is 11.5 Å². The fourth-order valence-electron chi connectivity index (χ4n) is 2.50. The van der Waals surface area contributed by atoms with E-state index in [1.54, 1.807) is 25.3 Å². The number of carbonyl (C=O) groups is 1. The van der Waals surface area contributed by atoms with Crippen LogP contribution in [0.4, 0.5) is 10.5 Å². The fraction of sp³-hybridized carbons (Fsp3) is 0.533. The lowest BCUT2D eigenvalue weighted by Crippen LogP contribution is -2.40. The first-order valence-corrected chi connectivity index (χ1v) is 7.33. The molecular formula is C15H23N3O4. The zero-order chi connectivity index (χ0) is 15.9. The third kappa shape index (κ3) is 4.70. The Morgan fingerprint density at radius 2 is 2.05 bits per heavy atom. The molecule has 1 aliphatic rings. The lowest BCUT2D eigenvalue weighted by Gasteiger charge is -2.31. The van der Waals surface area contributed by atoms with Crippen molar-refractivity contribution in [1.29, 1.82) is 0 Å². The number of nitrogens with zero attached hydrogens (tertiary/aromatic N) is 1. The number of hydrogen-bond acceptors (Lipinski definition) is 6. The van der Waals surface area contributed by atoms with Crippen LogP contribution in [0.25, 0.3) is 0 Å². The molecule has 7 heteroatoms. The first kappa shape index (κ1) is 16.2. The zero-order valence-electron chi connectivity index (χ0n) is 12.8. The van der Waals surface area contributed by atoms with E-state index in [-0.39, 0.29) is 6.10 Å². The number of nitrogens with two attached hydrogens (primary N) is 2. The molecule has 7 nitrogen and oxygen atoms in total. The first-order chi connectivity index (χ1) is 10.6. The van der Waals surface area contributed by atoms with E-state index < -0.39 is 6.09 Å². The Hall–Kier alpha value is -2.15. The number of ether oxygens (including phenoxy) is 3. The largest absolute Gasteiger partial charge is 0.493 e. The van der Waals surface area contributed by atoms with Crippen LogP contribution in [0, 0.1) is 0 Å². The van der Waals surface area contributed by atoms with Gasteiger partial charge in [-0.2, -0.15) is 0 Å². The quantitative estimate of drug-likeness (QED) is 0.766. The van der Waals surface area contributed by atoms with Crippen LogP contribution in [0.3, 0.4) is 0 Å². The van der Waals surface area contributed by atoms with Crippen molar-refractivity contribution in [3.8, 4) is 11.5 Å². The molecule has 1 saturated heterocycles. The molecule has 2 rings (SSSR count). The summed E-state index contributed by atoms with van der Waals surface area (Å²) in [5.74, 6) is 1.32. The number of carbonyl (C=O) groups excluding carboxylic acids is 1. The second-order valence-electron chi connectivity index (χ2n) is 5.24. The molecule has 1 fully saturated rings. The molecule has 0 atom stereocenters. The standard InChI is InChI=1S/C15H23N3O4/c1-20-14-10-11(16)2-3-13(14)21-9-8-18-6-4-12(5-7-18)22-15(17)19/h2-3,10,12H,4-9,16H2,1H3,(H2,17,19). The van der Waals surface area contributed by atoms with Crippen molar-refractivity contribution in [2.75, 3.05) is 39.1 Å². The van der Waals surface area contributed by atoms with E-state index in [9.17, 15) is 4.79 Å². The smallest absolute Gasteiger partial charge is 0.404 e. The van der Waals surface area contributed by atoms with Crippen molar-refractivity contribution < 1.29 is 19.0 Å². The summed E-state index contributed by atoms with van der Waals surface area (Å²) in [6.45, 7) is 3.08. The highest BCUT2D eigenvalue weighted by Crippen LogP contribution is 2.28. The summed E-state index contributed by atoms with van der Waals surface area (Å²) in [5, 5.41) is 0. The summed E-state index contributed by atoms with van der Waals surface area (Å²) in [6.07, 6.45) is 0.839. The van der Waals surface area contributed by atoms with E-state index >= 15 is 0 Å². The summed E-state index contributed by atoms with van der Waals surface area (Å²) < 4.78 is 16.0. The molecule has 1 amide bonds. The maximum Gasteiger partial charge on any atom is 0.404 e. The van der Waals surface area contributed by atoms with Crippen LogP contribution < -0.4 is 20.9 Å². The van der Waals surface area contributed by atoms with E-state index in [0.717, 1.165) is 32.5 Å². The number of piperidine rings is 1. The van der Waals surface area contributed by atoms with Crippen LogP contribution >= 0.6 is 0 Å². The molecule has 1 aromatic carbocycles. The number of amides is 1. The molecule has 4 N–H and O–H groups in total. The molecule has 0 saturated carbocycles. The van der Waals surface area contributed by atoms with Crippen LogP contribution in [-0.4, -0.2) is 50.4 Å². The highest BCUT2D eigenvalue weighted by Gasteiger charge is 2.21. The molecule has 1 aromatic rings. The predicted molar refractivity (Wildman–Crippen MR) is 83.0 cm³/mol. The van der Waals surface area contributed by atoms with E-state index in [1.165, 1.54) is 0 Å². The second-order valence-corrected chi connectivity index (χ2v) is 5.24. The van der Waals surface area contributed by atoms with Crippen molar-refractivity contribution in [2.45, 2.75) is 18.9 Å². The van der Waals surface area contributed by atoms with Crippen molar-refractivity contribution in [3.63, 3.8) is 0 Å². The van der Waals surface area contributed by atoms with E-state index in [4.69, 9.17) is 25.7 Å². The summed E-state index contributed by atoms with van der Waals surface area (Å²) in [6, 6.07) is 5.33. The molecule has 0 unspecified atom stereocenters. The van der Waals surface area contributed by atoms with Gasteiger partial charge in [0, 0.05) is 31.4 Å². The van der Waals surface area contributed by atoms with Gasteiger partial charge in [-0.05, 0) is 25.0 Å². The Kier molecular flexibility index (Phi) is 5.71. The predicted octanol–water partition coefficient (Wildman–Crippen LogP) is 1.22. The Labute approximate surface area is 130 Å². The molecule has 0 bridgehead atoms. The van der Waals surface area contributed by atoms with Gasteiger partial charge in [0.2, 0.25) is 0 Å². The Balaban J connectivity index is 1.73. The molecule has 0 radical (unpaired) electrons. The maximum absolute atomic E-state index is 10.7. The minimum absolute atomic E-state index is 0.0631. The maximum atomic E-state index is 10.7. The van der Waals surface area contributed by atoms with Gasteiger partial charge in [-0.1, -0.05) is 0 Å². The fourth-order valence-corrected chi connectivity index (χ4v) is 2.50. The molecule has 0 aromatic heterocycles. The zero-order valence-corrected chi connectivity index (χ0v) is 12.8. The first-order valence-electron chi connectivity index (χ1n) is 7.33. The molecule has 22 heavy (non-hydrogen) atoms. The van der Waals surface area contributed by atoms with Gasteiger partial charge in [-0.15, -0.1) is 0 Å². The second kappa shape index (κ2) is 7.74. The van der Waals surface area contributed by atoms with E-state index in [0.29, 0.717) is 23.8 Å². The van der Waals surface area contributed by atoms with E-state index in [2.05, 4.69) is 4.90 Å². The van der Waals surface area contributed by atoms with Crippen LogP contribution in [-0.2, 0) is 4.74 Å². The lowest BCUT2D eigenvalue weighted by molar-refractivity contribution is 0.0522. The average Bonchev–Trinajstić information content (AvgIpc) is 2.50. The van der Waals surface area contributed by atoms with Gasteiger partial charge in [0.25, 0.3) is 0 Å². The van der Waals surface area contributed by atoms with Gasteiger partial charge < -0.3 is 25.7 Å². The van der Waals surface area contributed by atoms with Gasteiger partial charge in [-0.3, -0.25) is 4.90 Å². The Morgan fingerprint density at radius 1 is 1.32 bits per heavy atom. The number of rotatable bonds is 6. The van der Waals surface area contributed by atoms with Crippen molar-refractivity contribution in [2.24, 2.45) is 5.73 Å². The monoisotopic (exact) mass is 309 g/mol. The van der Waals surface area contributed by atoms with Gasteiger partial charge in [0.05, 0.1) is 7.11 Å². The van der Waals surface area contributed by atoms with Crippen LogP contribution in [0.15, 0.2) is 18.2 Å². The number of benzene rings is 1. The minimum atomic E-state index is -0.697. The topological polar surface area (TPSA) is 100 Å². The number of methoxy groups -OCH3 is 1. The lowest BCUT2D eigenvalue weighted by atomic mass is 10.1. The molecular weight excluding hydrogens is 286 g/mol. The SMILES string of the molecule is COc1cc(N)ccc1OCCN1CCC(OC(N)=O)CC1. The van der Waals surface area contributed by atoms with Crippen LogP contribution in [0.2, 0.25) is 0 Å².